The lowest BCUT2D eigenvalue weighted by atomic mass is 9.72. The molecular weight excluding hydrogens is 402 g/mol. The van der Waals surface area contributed by atoms with Crippen molar-refractivity contribution < 1.29 is 0 Å². The van der Waals surface area contributed by atoms with Gasteiger partial charge in [-0.2, -0.15) is 0 Å². The van der Waals surface area contributed by atoms with Crippen LogP contribution in [0, 0.1) is 0 Å². The van der Waals surface area contributed by atoms with E-state index in [4.69, 9.17) is 16.6 Å². The van der Waals surface area contributed by atoms with Gasteiger partial charge in [0.1, 0.15) is 0 Å². The van der Waals surface area contributed by atoms with Gasteiger partial charge in [-0.05, 0) is 98.3 Å². The number of pyridine rings is 1. The lowest BCUT2D eigenvalue weighted by molar-refractivity contribution is 0.179. The van der Waals surface area contributed by atoms with E-state index in [1.54, 1.807) is 0 Å². The maximum atomic E-state index is 6.31. The molecule has 0 saturated carbocycles. The van der Waals surface area contributed by atoms with E-state index >= 15 is 0 Å². The molecule has 0 bridgehead atoms. The molecule has 3 heterocycles. The Kier molecular flexibility index (Phi) is 5.02. The molecule has 1 aliphatic carbocycles. The predicted octanol–water partition coefficient (Wildman–Crippen LogP) is 6.34. The third-order valence-electron chi connectivity index (χ3n) is 7.63. The Morgan fingerprint density at radius 1 is 1.16 bits per heavy atom. The van der Waals surface area contributed by atoms with Crippen molar-refractivity contribution in [3.63, 3.8) is 0 Å². The van der Waals surface area contributed by atoms with E-state index in [2.05, 4.69) is 61.6 Å². The van der Waals surface area contributed by atoms with Gasteiger partial charge in [-0.1, -0.05) is 38.6 Å². The van der Waals surface area contributed by atoms with Gasteiger partial charge in [-0.3, -0.25) is 4.98 Å². The molecule has 2 aromatic rings. The Bertz CT molecular complexity index is 1060. The Morgan fingerprint density at radius 2 is 1.94 bits per heavy atom. The van der Waals surface area contributed by atoms with Crippen molar-refractivity contribution in [3.8, 4) is 0 Å². The summed E-state index contributed by atoms with van der Waals surface area (Å²) in [4.78, 5) is 7.41. The number of aryl methyl sites for hydroxylation is 1. The van der Waals surface area contributed by atoms with Gasteiger partial charge < -0.3 is 10.2 Å². The van der Waals surface area contributed by atoms with Gasteiger partial charge in [0.15, 0.2) is 0 Å². The molecule has 1 aromatic carbocycles. The highest BCUT2D eigenvalue weighted by molar-refractivity contribution is 6.30. The first kappa shape index (κ1) is 20.8. The first-order valence-electron chi connectivity index (χ1n) is 11.4. The van der Waals surface area contributed by atoms with Crippen LogP contribution in [-0.2, 0) is 17.3 Å². The zero-order valence-electron chi connectivity index (χ0n) is 18.7. The molecule has 0 unspecified atom stereocenters. The SMILES string of the molecule is C=C1CC(C)(C)c2ncc(CCCN3CCC4(CC3)C(=C)Nc3ccc(Cl)cc34)cc21. The molecule has 3 nitrogen and oxygen atoms in total. The standard InChI is InChI=1S/C27H32ClN3/c1-18-16-26(3,4)25-22(18)14-20(17-29-25)6-5-11-31-12-9-27(10-13-31)19(2)30-24-8-7-21(28)15-23(24)27/h7-8,14-15,17,30H,1-2,5-6,9-13,16H2,3-4H3. The molecule has 1 N–H and O–H groups in total. The van der Waals surface area contributed by atoms with Crippen LogP contribution in [0.25, 0.3) is 5.57 Å². The van der Waals surface area contributed by atoms with Gasteiger partial charge in [0, 0.05) is 33.4 Å². The smallest absolute Gasteiger partial charge is 0.0538 e. The molecule has 162 valence electrons. The number of anilines is 1. The molecule has 4 heteroatoms. The minimum absolute atomic E-state index is 0.0355. The van der Waals surface area contributed by atoms with Crippen LogP contribution in [0.1, 0.15) is 61.9 Å². The van der Waals surface area contributed by atoms with Crippen molar-refractivity contribution >= 4 is 22.9 Å². The van der Waals surface area contributed by atoms with E-state index in [9.17, 15) is 0 Å². The van der Waals surface area contributed by atoms with Crippen molar-refractivity contribution in [3.05, 3.63) is 76.7 Å². The number of nitrogens with one attached hydrogen (secondary N) is 1. The number of fused-ring (bicyclic) bond motifs is 3. The van der Waals surface area contributed by atoms with Gasteiger partial charge in [0.2, 0.25) is 0 Å². The molecule has 1 spiro atoms. The molecule has 1 saturated heterocycles. The second-order valence-corrected chi connectivity index (χ2v) is 10.7. The lowest BCUT2D eigenvalue weighted by Gasteiger charge is -2.40. The van der Waals surface area contributed by atoms with E-state index in [0.29, 0.717) is 0 Å². The van der Waals surface area contributed by atoms with Crippen LogP contribution in [0.15, 0.2) is 49.3 Å². The largest absolute Gasteiger partial charge is 0.358 e. The van der Waals surface area contributed by atoms with Crippen molar-refractivity contribution in [1.82, 2.24) is 9.88 Å². The van der Waals surface area contributed by atoms with Crippen molar-refractivity contribution in [2.75, 3.05) is 25.0 Å². The van der Waals surface area contributed by atoms with Gasteiger partial charge >= 0.3 is 0 Å². The second kappa shape index (κ2) is 7.50. The molecule has 1 aromatic heterocycles. The summed E-state index contributed by atoms with van der Waals surface area (Å²) in [6.45, 7) is 16.5. The number of likely N-dealkylation sites (tertiary alicyclic amines) is 1. The van der Waals surface area contributed by atoms with Crippen molar-refractivity contribution in [1.29, 1.82) is 0 Å². The van der Waals surface area contributed by atoms with Crippen LogP contribution >= 0.6 is 11.6 Å². The Hall–Kier alpha value is -2.10. The van der Waals surface area contributed by atoms with Gasteiger partial charge in [-0.15, -0.1) is 0 Å². The average Bonchev–Trinajstić information content (AvgIpc) is 3.13. The predicted molar refractivity (Wildman–Crippen MR) is 131 cm³/mol. The number of hydrogen-bond donors (Lipinski definition) is 1. The number of aromatic nitrogens is 1. The molecule has 31 heavy (non-hydrogen) atoms. The van der Waals surface area contributed by atoms with Crippen LogP contribution in [0.4, 0.5) is 5.69 Å². The van der Waals surface area contributed by atoms with Crippen LogP contribution in [0.2, 0.25) is 5.02 Å². The Balaban J connectivity index is 1.19. The number of hydrogen-bond acceptors (Lipinski definition) is 3. The summed E-state index contributed by atoms with van der Waals surface area (Å²) in [5.41, 5.74) is 8.88. The fourth-order valence-corrected chi connectivity index (χ4v) is 6.04. The van der Waals surface area contributed by atoms with Crippen LogP contribution in [0.5, 0.6) is 0 Å². The molecule has 5 rings (SSSR count). The second-order valence-electron chi connectivity index (χ2n) is 10.2. The van der Waals surface area contributed by atoms with Crippen molar-refractivity contribution in [2.24, 2.45) is 0 Å². The van der Waals surface area contributed by atoms with Crippen LogP contribution in [-0.4, -0.2) is 29.5 Å². The van der Waals surface area contributed by atoms with Crippen molar-refractivity contribution in [2.45, 2.75) is 56.8 Å². The molecule has 0 radical (unpaired) electrons. The minimum Gasteiger partial charge on any atom is -0.358 e. The lowest BCUT2D eigenvalue weighted by Crippen LogP contribution is -2.43. The fraction of sp³-hybridized carbons (Fsp3) is 0.444. The zero-order chi connectivity index (χ0) is 21.8. The Labute approximate surface area is 191 Å². The van der Waals surface area contributed by atoms with Gasteiger partial charge in [-0.25, -0.2) is 0 Å². The first-order chi connectivity index (χ1) is 14.8. The molecule has 3 aliphatic rings. The molecule has 0 amide bonds. The summed E-state index contributed by atoms with van der Waals surface area (Å²) >= 11 is 6.31. The topological polar surface area (TPSA) is 28.2 Å². The van der Waals surface area contributed by atoms with E-state index in [0.717, 1.165) is 62.5 Å². The number of halogens is 1. The summed E-state index contributed by atoms with van der Waals surface area (Å²) in [5.74, 6) is 0. The number of piperidine rings is 1. The Morgan fingerprint density at radius 3 is 2.71 bits per heavy atom. The van der Waals surface area contributed by atoms with Gasteiger partial charge in [0.05, 0.1) is 5.69 Å². The van der Waals surface area contributed by atoms with E-state index in [1.165, 1.54) is 33.6 Å². The molecular formula is C27H32ClN3. The molecule has 2 aliphatic heterocycles. The fourth-order valence-electron chi connectivity index (χ4n) is 5.87. The number of nitrogens with zero attached hydrogens (tertiary/aromatic N) is 2. The van der Waals surface area contributed by atoms with E-state index in [-0.39, 0.29) is 10.8 Å². The van der Waals surface area contributed by atoms with Gasteiger partial charge in [0.25, 0.3) is 0 Å². The first-order valence-corrected chi connectivity index (χ1v) is 11.8. The number of rotatable bonds is 4. The normalized spacial score (nSPS) is 21.3. The maximum absolute atomic E-state index is 6.31. The summed E-state index contributed by atoms with van der Waals surface area (Å²) in [7, 11) is 0. The van der Waals surface area contributed by atoms with E-state index < -0.39 is 0 Å². The number of allylic oxidation sites excluding steroid dienone is 2. The molecule has 1 fully saturated rings. The molecule has 0 atom stereocenters. The van der Waals surface area contributed by atoms with Crippen LogP contribution in [0.3, 0.4) is 0 Å². The summed E-state index contributed by atoms with van der Waals surface area (Å²) in [6, 6.07) is 8.51. The highest BCUT2D eigenvalue weighted by Crippen LogP contribution is 2.50. The summed E-state index contributed by atoms with van der Waals surface area (Å²) in [6.07, 6.45) is 7.53. The highest BCUT2D eigenvalue weighted by Gasteiger charge is 2.44. The third-order valence-corrected chi connectivity index (χ3v) is 7.87. The summed E-state index contributed by atoms with van der Waals surface area (Å²) < 4.78 is 0. The summed E-state index contributed by atoms with van der Waals surface area (Å²) in [5, 5.41) is 4.32. The monoisotopic (exact) mass is 433 g/mol. The zero-order valence-corrected chi connectivity index (χ0v) is 19.5. The maximum Gasteiger partial charge on any atom is 0.0538 e. The third kappa shape index (κ3) is 3.52. The minimum atomic E-state index is 0.0355. The quantitative estimate of drug-likeness (QED) is 0.610. The average molecular weight is 434 g/mol. The van der Waals surface area contributed by atoms with Crippen LogP contribution < -0.4 is 5.32 Å². The highest BCUT2D eigenvalue weighted by atomic mass is 35.5. The number of benzene rings is 1. The van der Waals surface area contributed by atoms with E-state index in [1.807, 2.05) is 6.07 Å².